The van der Waals surface area contributed by atoms with Crippen molar-refractivity contribution in [1.29, 1.82) is 0 Å². The number of benzene rings is 2. The maximum absolute atomic E-state index is 12.5. The van der Waals surface area contributed by atoms with Crippen LogP contribution in [0.4, 0.5) is 5.00 Å². The van der Waals surface area contributed by atoms with E-state index in [1.54, 1.807) is 0 Å². The molecule has 3 aromatic rings. The maximum atomic E-state index is 12.5. The van der Waals surface area contributed by atoms with E-state index in [4.69, 9.17) is 4.74 Å². The molecule has 1 atom stereocenters. The van der Waals surface area contributed by atoms with Gasteiger partial charge < -0.3 is 10.1 Å². The average molecular weight is 322 g/mol. The largest absolute Gasteiger partial charge is 0.492 e. The Morgan fingerprint density at radius 2 is 1.91 bits per heavy atom. The fourth-order valence-electron chi connectivity index (χ4n) is 2.67. The number of rotatable bonds is 3. The summed E-state index contributed by atoms with van der Waals surface area (Å²) < 4.78 is 9.98. The molecule has 4 nitrogen and oxygen atoms in total. The molecule has 0 saturated heterocycles. The molecule has 4 rings (SSSR count). The first-order valence-corrected chi connectivity index (χ1v) is 8.13. The van der Waals surface area contributed by atoms with Crippen molar-refractivity contribution in [3.63, 3.8) is 0 Å². The van der Waals surface area contributed by atoms with Gasteiger partial charge >= 0.3 is 0 Å². The van der Waals surface area contributed by atoms with Crippen LogP contribution in [0.1, 0.15) is 11.5 Å². The van der Waals surface area contributed by atoms with E-state index in [0.717, 1.165) is 27.6 Å². The summed E-state index contributed by atoms with van der Waals surface area (Å²) in [6.07, 6.45) is 0. The van der Waals surface area contributed by atoms with Gasteiger partial charge in [0.1, 0.15) is 23.3 Å². The molecule has 0 bridgehead atoms. The molecule has 0 aliphatic carbocycles. The van der Waals surface area contributed by atoms with Crippen molar-refractivity contribution in [1.82, 2.24) is 4.37 Å². The van der Waals surface area contributed by atoms with E-state index in [1.807, 2.05) is 60.7 Å². The molecular formula is C18H14N2O2S. The maximum Gasteiger partial charge on any atom is 0.236 e. The number of fused-ring (bicyclic) bond motifs is 1. The van der Waals surface area contributed by atoms with Gasteiger partial charge in [-0.15, -0.1) is 0 Å². The molecule has 1 amide bonds. The van der Waals surface area contributed by atoms with Gasteiger partial charge in [-0.05, 0) is 17.6 Å². The lowest BCUT2D eigenvalue weighted by molar-refractivity contribution is -0.117. The Labute approximate surface area is 137 Å². The van der Waals surface area contributed by atoms with Crippen molar-refractivity contribution in [2.45, 2.75) is 5.92 Å². The summed E-state index contributed by atoms with van der Waals surface area (Å²) in [4.78, 5) is 12.5. The van der Waals surface area contributed by atoms with E-state index in [-0.39, 0.29) is 11.8 Å². The standard InChI is InChI=1S/C18H14N2O2S/c21-18(14-11-22-16-9-5-4-8-13(14)16)19-17-10-15(20-23-17)12-6-2-1-3-7-12/h1-10,14H,11H2,(H,19,21). The van der Waals surface area contributed by atoms with Crippen LogP contribution in [0.5, 0.6) is 5.75 Å². The van der Waals surface area contributed by atoms with Gasteiger partial charge in [0.05, 0.1) is 5.69 Å². The topological polar surface area (TPSA) is 51.2 Å². The Morgan fingerprint density at radius 1 is 1.13 bits per heavy atom. The molecule has 1 unspecified atom stereocenters. The van der Waals surface area contributed by atoms with E-state index in [1.165, 1.54) is 11.5 Å². The molecule has 114 valence electrons. The second kappa shape index (κ2) is 5.85. The monoisotopic (exact) mass is 322 g/mol. The molecule has 0 fully saturated rings. The molecule has 1 N–H and O–H groups in total. The Bertz CT molecular complexity index is 845. The van der Waals surface area contributed by atoms with Crippen LogP contribution < -0.4 is 10.1 Å². The summed E-state index contributed by atoms with van der Waals surface area (Å²) in [6, 6.07) is 19.5. The highest BCUT2D eigenvalue weighted by atomic mass is 32.1. The molecule has 0 saturated carbocycles. The third kappa shape index (κ3) is 2.71. The summed E-state index contributed by atoms with van der Waals surface area (Å²) in [5.74, 6) is 0.466. The fraction of sp³-hybridized carbons (Fsp3) is 0.111. The summed E-state index contributed by atoms with van der Waals surface area (Å²) in [6.45, 7) is 0.384. The number of anilines is 1. The third-order valence-electron chi connectivity index (χ3n) is 3.84. The zero-order valence-corrected chi connectivity index (χ0v) is 13.0. The average Bonchev–Trinajstić information content (AvgIpc) is 3.22. The highest BCUT2D eigenvalue weighted by Crippen LogP contribution is 2.34. The van der Waals surface area contributed by atoms with Crippen molar-refractivity contribution in [3.8, 4) is 17.0 Å². The second-order valence-electron chi connectivity index (χ2n) is 5.33. The van der Waals surface area contributed by atoms with Gasteiger partial charge in [0.25, 0.3) is 0 Å². The van der Waals surface area contributed by atoms with Gasteiger partial charge in [-0.3, -0.25) is 4.79 Å². The lowest BCUT2D eigenvalue weighted by atomic mass is 10.0. The van der Waals surface area contributed by atoms with Crippen molar-refractivity contribution in [3.05, 3.63) is 66.2 Å². The smallest absolute Gasteiger partial charge is 0.236 e. The lowest BCUT2D eigenvalue weighted by Gasteiger charge is -2.08. The molecule has 1 aliphatic rings. The highest BCUT2D eigenvalue weighted by molar-refractivity contribution is 7.10. The molecule has 0 radical (unpaired) electrons. The van der Waals surface area contributed by atoms with Crippen LogP contribution in [0, 0.1) is 0 Å². The number of ether oxygens (including phenoxy) is 1. The zero-order valence-electron chi connectivity index (χ0n) is 12.2. The van der Waals surface area contributed by atoms with Gasteiger partial charge in [-0.25, -0.2) is 0 Å². The Balaban J connectivity index is 1.51. The Kier molecular flexibility index (Phi) is 3.55. The molecule has 1 aromatic heterocycles. The normalized spacial score (nSPS) is 15.7. The Morgan fingerprint density at radius 3 is 2.78 bits per heavy atom. The summed E-state index contributed by atoms with van der Waals surface area (Å²) in [7, 11) is 0. The fourth-order valence-corrected chi connectivity index (χ4v) is 3.33. The van der Waals surface area contributed by atoms with Gasteiger partial charge in [-0.2, -0.15) is 4.37 Å². The first-order chi connectivity index (χ1) is 11.3. The predicted molar refractivity (Wildman–Crippen MR) is 90.9 cm³/mol. The minimum Gasteiger partial charge on any atom is -0.492 e. The molecule has 5 heteroatoms. The van der Waals surface area contributed by atoms with Crippen LogP contribution in [0.15, 0.2) is 60.7 Å². The van der Waals surface area contributed by atoms with E-state index in [0.29, 0.717) is 6.61 Å². The first kappa shape index (κ1) is 14.0. The van der Waals surface area contributed by atoms with Crippen molar-refractivity contribution < 1.29 is 9.53 Å². The van der Waals surface area contributed by atoms with Gasteiger partial charge in [-0.1, -0.05) is 48.5 Å². The summed E-state index contributed by atoms with van der Waals surface area (Å²) >= 11 is 1.29. The molecule has 23 heavy (non-hydrogen) atoms. The van der Waals surface area contributed by atoms with Crippen LogP contribution in [0.25, 0.3) is 11.3 Å². The van der Waals surface area contributed by atoms with Gasteiger partial charge in [0.2, 0.25) is 5.91 Å². The van der Waals surface area contributed by atoms with E-state index < -0.39 is 0 Å². The van der Waals surface area contributed by atoms with Crippen LogP contribution in [-0.4, -0.2) is 16.9 Å². The zero-order chi connectivity index (χ0) is 15.6. The number of para-hydroxylation sites is 1. The highest BCUT2D eigenvalue weighted by Gasteiger charge is 2.30. The predicted octanol–water partition coefficient (Wildman–Crippen LogP) is 3.92. The number of carbonyl (C=O) groups excluding carboxylic acids is 1. The minimum atomic E-state index is -0.270. The van der Waals surface area contributed by atoms with Crippen LogP contribution >= 0.6 is 11.5 Å². The number of hydrogen-bond acceptors (Lipinski definition) is 4. The number of hydrogen-bond donors (Lipinski definition) is 1. The molecule has 0 spiro atoms. The third-order valence-corrected chi connectivity index (χ3v) is 4.55. The Hall–Kier alpha value is -2.66. The van der Waals surface area contributed by atoms with Crippen LogP contribution in [-0.2, 0) is 4.79 Å². The van der Waals surface area contributed by atoms with Gasteiger partial charge in [0, 0.05) is 17.2 Å². The summed E-state index contributed by atoms with van der Waals surface area (Å²) in [5.41, 5.74) is 2.85. The molecular weight excluding hydrogens is 308 g/mol. The van der Waals surface area contributed by atoms with Crippen molar-refractivity contribution in [2.24, 2.45) is 0 Å². The molecule has 2 aromatic carbocycles. The number of aromatic nitrogens is 1. The van der Waals surface area contributed by atoms with Crippen LogP contribution in [0.2, 0.25) is 0 Å². The van der Waals surface area contributed by atoms with E-state index in [9.17, 15) is 4.79 Å². The number of nitrogens with one attached hydrogen (secondary N) is 1. The number of carbonyl (C=O) groups is 1. The van der Waals surface area contributed by atoms with E-state index >= 15 is 0 Å². The van der Waals surface area contributed by atoms with Gasteiger partial charge in [0.15, 0.2) is 0 Å². The first-order valence-electron chi connectivity index (χ1n) is 7.36. The quantitative estimate of drug-likeness (QED) is 0.795. The number of nitrogens with zero attached hydrogens (tertiary/aromatic N) is 1. The summed E-state index contributed by atoms with van der Waals surface area (Å²) in [5, 5.41) is 3.70. The molecule has 2 heterocycles. The molecule has 1 aliphatic heterocycles. The second-order valence-corrected chi connectivity index (χ2v) is 6.14. The van der Waals surface area contributed by atoms with E-state index in [2.05, 4.69) is 9.69 Å². The number of amides is 1. The van der Waals surface area contributed by atoms with Crippen LogP contribution in [0.3, 0.4) is 0 Å². The lowest BCUT2D eigenvalue weighted by Crippen LogP contribution is -2.21. The SMILES string of the molecule is O=C(Nc1cc(-c2ccccc2)ns1)C1COc2ccccc21. The minimum absolute atomic E-state index is 0.0572. The van der Waals surface area contributed by atoms with Crippen molar-refractivity contribution >= 4 is 22.4 Å². The van der Waals surface area contributed by atoms with Crippen molar-refractivity contribution in [2.75, 3.05) is 11.9 Å².